The second-order valence-electron chi connectivity index (χ2n) is 3.28. The average molecular weight is 248 g/mol. The molecule has 0 aliphatic heterocycles. The van der Waals surface area contributed by atoms with Crippen molar-refractivity contribution < 1.29 is 28.1 Å². The van der Waals surface area contributed by atoms with E-state index in [1.807, 2.05) is 0 Å². The van der Waals surface area contributed by atoms with E-state index in [1.54, 1.807) is 0 Å². The van der Waals surface area contributed by atoms with E-state index >= 15 is 0 Å². The van der Waals surface area contributed by atoms with Crippen LogP contribution >= 0.6 is 0 Å². The predicted octanol–water partition coefficient (Wildman–Crippen LogP) is 2.34. The topological polar surface area (TPSA) is 49.7 Å². The van der Waals surface area contributed by atoms with Crippen LogP contribution in [0.5, 0.6) is 11.5 Å². The molecule has 94 valence electrons. The number of benzene rings is 1. The Labute approximate surface area is 95.8 Å². The maximum atomic E-state index is 12.0. The van der Waals surface area contributed by atoms with Gasteiger partial charge >= 0.3 is 6.18 Å². The molecule has 6 heteroatoms. The van der Waals surface area contributed by atoms with E-state index in [4.69, 9.17) is 9.84 Å². The van der Waals surface area contributed by atoms with Crippen molar-refractivity contribution >= 4 is 6.08 Å². The molecular formula is C11H11F3O3. The summed E-state index contributed by atoms with van der Waals surface area (Å²) in [7, 11) is 1.33. The van der Waals surface area contributed by atoms with Crippen LogP contribution in [-0.2, 0) is 0 Å². The van der Waals surface area contributed by atoms with Crippen LogP contribution in [0.15, 0.2) is 24.3 Å². The summed E-state index contributed by atoms with van der Waals surface area (Å²) in [5, 5.41) is 18.0. The fraction of sp³-hybridized carbons (Fsp3) is 0.273. The van der Waals surface area contributed by atoms with E-state index in [1.165, 1.54) is 25.3 Å². The lowest BCUT2D eigenvalue weighted by molar-refractivity contribution is -0.187. The van der Waals surface area contributed by atoms with Crippen LogP contribution in [-0.4, -0.2) is 29.6 Å². The van der Waals surface area contributed by atoms with Gasteiger partial charge in [-0.2, -0.15) is 13.2 Å². The maximum absolute atomic E-state index is 12.0. The summed E-state index contributed by atoms with van der Waals surface area (Å²) >= 11 is 0. The monoisotopic (exact) mass is 248 g/mol. The minimum absolute atomic E-state index is 0.110. The number of aromatic hydroxyl groups is 1. The lowest BCUT2D eigenvalue weighted by Crippen LogP contribution is -2.25. The standard InChI is InChI=1S/C11H11F3O3/c1-17-9-6-7(2-4-8(9)15)3-5-10(16)11(12,13)14/h2-6,10,15-16H,1H3/b5-3+. The normalized spacial score (nSPS) is 13.9. The Hall–Kier alpha value is -1.69. The molecule has 2 N–H and O–H groups in total. The SMILES string of the molecule is COc1cc(/C=C/C(O)C(F)(F)F)ccc1O. The third kappa shape index (κ3) is 3.67. The van der Waals surface area contributed by atoms with Crippen LogP contribution in [0.25, 0.3) is 6.08 Å². The van der Waals surface area contributed by atoms with Crippen molar-refractivity contribution in [3.8, 4) is 11.5 Å². The second-order valence-corrected chi connectivity index (χ2v) is 3.28. The number of aliphatic hydroxyl groups excluding tert-OH is 1. The molecule has 0 saturated heterocycles. The largest absolute Gasteiger partial charge is 0.504 e. The molecule has 1 unspecified atom stereocenters. The van der Waals surface area contributed by atoms with Crippen molar-refractivity contribution in [3.63, 3.8) is 0 Å². The highest BCUT2D eigenvalue weighted by Crippen LogP contribution is 2.27. The number of phenolic OH excluding ortho intramolecular Hbond substituents is 1. The van der Waals surface area contributed by atoms with Crippen molar-refractivity contribution in [2.75, 3.05) is 7.11 Å². The van der Waals surface area contributed by atoms with Crippen LogP contribution < -0.4 is 4.74 Å². The van der Waals surface area contributed by atoms with Gasteiger partial charge in [-0.25, -0.2) is 0 Å². The molecule has 17 heavy (non-hydrogen) atoms. The Bertz CT molecular complexity index is 413. The van der Waals surface area contributed by atoms with Gasteiger partial charge in [0.25, 0.3) is 0 Å². The summed E-state index contributed by atoms with van der Waals surface area (Å²) in [6, 6.07) is 4.05. The van der Waals surface area contributed by atoms with Gasteiger partial charge in [0.15, 0.2) is 17.6 Å². The zero-order valence-corrected chi connectivity index (χ0v) is 8.90. The Kier molecular flexibility index (Phi) is 4.01. The molecule has 0 spiro atoms. The summed E-state index contributed by atoms with van der Waals surface area (Å²) in [4.78, 5) is 0. The minimum Gasteiger partial charge on any atom is -0.504 e. The van der Waals surface area contributed by atoms with Gasteiger partial charge in [0.05, 0.1) is 7.11 Å². The van der Waals surface area contributed by atoms with Crippen LogP contribution in [0.3, 0.4) is 0 Å². The van der Waals surface area contributed by atoms with E-state index in [-0.39, 0.29) is 11.5 Å². The Morgan fingerprint density at radius 1 is 1.35 bits per heavy atom. The molecule has 1 atom stereocenters. The summed E-state index contributed by atoms with van der Waals surface area (Å²) < 4.78 is 40.8. The van der Waals surface area contributed by atoms with Gasteiger partial charge in [0.1, 0.15) is 0 Å². The first-order chi connectivity index (χ1) is 7.84. The van der Waals surface area contributed by atoms with E-state index < -0.39 is 12.3 Å². The Morgan fingerprint density at radius 3 is 2.53 bits per heavy atom. The van der Waals surface area contributed by atoms with Crippen LogP contribution in [0.1, 0.15) is 5.56 Å². The molecule has 1 aromatic carbocycles. The van der Waals surface area contributed by atoms with E-state index in [0.717, 1.165) is 6.08 Å². The first-order valence-electron chi connectivity index (χ1n) is 4.64. The smallest absolute Gasteiger partial charge is 0.417 e. The van der Waals surface area contributed by atoms with Gasteiger partial charge in [0.2, 0.25) is 0 Å². The lowest BCUT2D eigenvalue weighted by Gasteiger charge is -2.09. The molecule has 0 aliphatic carbocycles. The molecule has 0 amide bonds. The molecular weight excluding hydrogens is 237 g/mol. The number of methoxy groups -OCH3 is 1. The van der Waals surface area contributed by atoms with Gasteiger partial charge in [-0.3, -0.25) is 0 Å². The third-order valence-corrected chi connectivity index (χ3v) is 2.01. The summed E-state index contributed by atoms with van der Waals surface area (Å²) in [6.45, 7) is 0. The van der Waals surface area contributed by atoms with Crippen molar-refractivity contribution in [2.45, 2.75) is 12.3 Å². The van der Waals surface area contributed by atoms with Gasteiger partial charge in [-0.05, 0) is 23.8 Å². The molecule has 0 aliphatic rings. The highest BCUT2D eigenvalue weighted by molar-refractivity contribution is 5.55. The van der Waals surface area contributed by atoms with Crippen molar-refractivity contribution in [3.05, 3.63) is 29.8 Å². The Balaban J connectivity index is 2.85. The van der Waals surface area contributed by atoms with Gasteiger partial charge < -0.3 is 14.9 Å². The number of hydrogen-bond acceptors (Lipinski definition) is 3. The molecule has 1 aromatic rings. The maximum Gasteiger partial charge on any atom is 0.417 e. The number of aliphatic hydroxyl groups is 1. The van der Waals surface area contributed by atoms with E-state index in [0.29, 0.717) is 11.6 Å². The van der Waals surface area contributed by atoms with Crippen LogP contribution in [0, 0.1) is 0 Å². The summed E-state index contributed by atoms with van der Waals surface area (Å²) in [5.41, 5.74) is 0.378. The molecule has 0 bridgehead atoms. The molecule has 0 saturated carbocycles. The predicted molar refractivity (Wildman–Crippen MR) is 55.8 cm³/mol. The Morgan fingerprint density at radius 2 is 2.00 bits per heavy atom. The zero-order valence-electron chi connectivity index (χ0n) is 8.90. The minimum atomic E-state index is -4.68. The molecule has 0 radical (unpaired) electrons. The number of alkyl halides is 3. The molecule has 0 aromatic heterocycles. The number of phenols is 1. The summed E-state index contributed by atoms with van der Waals surface area (Å²) in [6.07, 6.45) is -5.48. The van der Waals surface area contributed by atoms with Gasteiger partial charge in [-0.15, -0.1) is 0 Å². The highest BCUT2D eigenvalue weighted by Gasteiger charge is 2.36. The molecule has 0 heterocycles. The molecule has 0 fully saturated rings. The number of halogens is 3. The molecule has 1 rings (SSSR count). The lowest BCUT2D eigenvalue weighted by atomic mass is 10.1. The van der Waals surface area contributed by atoms with Gasteiger partial charge in [0, 0.05) is 0 Å². The second kappa shape index (κ2) is 5.09. The zero-order chi connectivity index (χ0) is 13.1. The van der Waals surface area contributed by atoms with E-state index in [9.17, 15) is 18.3 Å². The van der Waals surface area contributed by atoms with Crippen molar-refractivity contribution in [1.29, 1.82) is 0 Å². The van der Waals surface area contributed by atoms with Crippen LogP contribution in [0.4, 0.5) is 13.2 Å². The quantitative estimate of drug-likeness (QED) is 0.863. The number of rotatable bonds is 3. The highest BCUT2D eigenvalue weighted by atomic mass is 19.4. The van der Waals surface area contributed by atoms with Crippen molar-refractivity contribution in [2.24, 2.45) is 0 Å². The first kappa shape index (κ1) is 13.4. The number of hydrogen-bond donors (Lipinski definition) is 2. The average Bonchev–Trinajstić information content (AvgIpc) is 2.26. The van der Waals surface area contributed by atoms with E-state index in [2.05, 4.69) is 0 Å². The van der Waals surface area contributed by atoms with Gasteiger partial charge in [-0.1, -0.05) is 12.1 Å². The first-order valence-corrected chi connectivity index (χ1v) is 4.64. The third-order valence-electron chi connectivity index (χ3n) is 2.01. The summed E-state index contributed by atoms with van der Waals surface area (Å²) in [5.74, 6) is 0.0367. The van der Waals surface area contributed by atoms with Crippen molar-refractivity contribution in [1.82, 2.24) is 0 Å². The van der Waals surface area contributed by atoms with Crippen LogP contribution in [0.2, 0.25) is 0 Å². The fourth-order valence-corrected chi connectivity index (χ4v) is 1.11. The fourth-order valence-electron chi connectivity index (χ4n) is 1.11. The molecule has 3 nitrogen and oxygen atoms in total. The number of ether oxygens (including phenoxy) is 1.